The van der Waals surface area contributed by atoms with Crippen LogP contribution < -0.4 is 21.3 Å². The number of amides is 3. The van der Waals surface area contributed by atoms with Crippen LogP contribution >= 0.6 is 0 Å². The van der Waals surface area contributed by atoms with Gasteiger partial charge in [0.1, 0.15) is 5.76 Å². The summed E-state index contributed by atoms with van der Waals surface area (Å²) in [4.78, 5) is 37.4. The lowest BCUT2D eigenvalue weighted by Crippen LogP contribution is -2.24. The van der Waals surface area contributed by atoms with E-state index in [1.54, 1.807) is 66.9 Å². The van der Waals surface area contributed by atoms with Gasteiger partial charge in [-0.05, 0) is 54.1 Å². The number of carbonyl (C=O) groups excluding carboxylic acids is 3. The van der Waals surface area contributed by atoms with Crippen molar-refractivity contribution in [3.8, 4) is 0 Å². The lowest BCUT2D eigenvalue weighted by Gasteiger charge is -2.11. The van der Waals surface area contributed by atoms with E-state index in [2.05, 4.69) is 21.3 Å². The quantitative estimate of drug-likeness (QED) is 0.271. The lowest BCUT2D eigenvalue weighted by atomic mass is 10.1. The first-order chi connectivity index (χ1) is 17.6. The fourth-order valence-corrected chi connectivity index (χ4v) is 3.46. The molecule has 0 fully saturated rings. The number of hydrogen-bond donors (Lipinski definition) is 4. The van der Waals surface area contributed by atoms with Gasteiger partial charge in [0.25, 0.3) is 11.8 Å². The highest BCUT2D eigenvalue weighted by Crippen LogP contribution is 2.13. The molecular formula is C28H26N4O4. The fraction of sp³-hybridized carbons (Fsp3) is 0.107. The van der Waals surface area contributed by atoms with Crippen molar-refractivity contribution < 1.29 is 18.8 Å². The third-order valence-corrected chi connectivity index (χ3v) is 5.29. The molecule has 1 aromatic heterocycles. The highest BCUT2D eigenvalue weighted by Gasteiger charge is 2.10. The van der Waals surface area contributed by atoms with Gasteiger partial charge in [-0.3, -0.25) is 14.4 Å². The SMILES string of the molecule is O=C(CNc1cccc(C(=O)NCc2ccco2)c1)Nc1cccc(C(=O)NCc2ccccc2)c1. The summed E-state index contributed by atoms with van der Waals surface area (Å²) in [5.74, 6) is -0.103. The molecule has 3 aromatic carbocycles. The third kappa shape index (κ3) is 7.07. The molecule has 4 rings (SSSR count). The average Bonchev–Trinajstić information content (AvgIpc) is 3.44. The number of anilines is 2. The number of carbonyl (C=O) groups is 3. The number of benzene rings is 3. The highest BCUT2D eigenvalue weighted by molar-refractivity contribution is 5.98. The topological polar surface area (TPSA) is 112 Å². The van der Waals surface area contributed by atoms with E-state index in [4.69, 9.17) is 4.42 Å². The van der Waals surface area contributed by atoms with E-state index in [0.717, 1.165) is 5.56 Å². The molecule has 3 amide bonds. The van der Waals surface area contributed by atoms with E-state index in [-0.39, 0.29) is 30.8 Å². The van der Waals surface area contributed by atoms with Crippen LogP contribution in [0.15, 0.2) is 102 Å². The summed E-state index contributed by atoms with van der Waals surface area (Å²) in [6.07, 6.45) is 1.55. The Labute approximate surface area is 208 Å². The smallest absolute Gasteiger partial charge is 0.251 e. The Morgan fingerprint density at radius 1 is 0.667 bits per heavy atom. The standard InChI is InChI=1S/C28H26N4O4/c33-26(19-29-23-11-4-9-21(15-23)28(35)31-18-25-13-6-14-36-25)32-24-12-5-10-22(16-24)27(34)30-17-20-7-2-1-3-8-20/h1-16,29H,17-19H2,(H,30,34)(H,31,35)(H,32,33). The molecule has 0 aliphatic rings. The van der Waals surface area contributed by atoms with Crippen LogP contribution in [0.5, 0.6) is 0 Å². The van der Waals surface area contributed by atoms with Gasteiger partial charge in [-0.15, -0.1) is 0 Å². The summed E-state index contributed by atoms with van der Waals surface area (Å²) in [5.41, 5.74) is 3.05. The van der Waals surface area contributed by atoms with Crippen LogP contribution in [-0.2, 0) is 17.9 Å². The third-order valence-electron chi connectivity index (χ3n) is 5.29. The molecule has 4 aromatic rings. The number of nitrogens with one attached hydrogen (secondary N) is 4. The minimum absolute atomic E-state index is 0.0120. The Bertz CT molecular complexity index is 1320. The molecule has 8 heteroatoms. The lowest BCUT2D eigenvalue weighted by molar-refractivity contribution is -0.114. The van der Waals surface area contributed by atoms with Gasteiger partial charge >= 0.3 is 0 Å². The van der Waals surface area contributed by atoms with Gasteiger partial charge < -0.3 is 25.7 Å². The molecule has 0 aliphatic carbocycles. The molecule has 182 valence electrons. The van der Waals surface area contributed by atoms with Crippen molar-refractivity contribution in [3.05, 3.63) is 120 Å². The van der Waals surface area contributed by atoms with E-state index >= 15 is 0 Å². The van der Waals surface area contributed by atoms with Crippen molar-refractivity contribution in [2.24, 2.45) is 0 Å². The second-order valence-electron chi connectivity index (χ2n) is 7.99. The molecule has 0 atom stereocenters. The van der Waals surface area contributed by atoms with Gasteiger partial charge in [-0.25, -0.2) is 0 Å². The summed E-state index contributed by atoms with van der Waals surface area (Å²) < 4.78 is 5.21. The van der Waals surface area contributed by atoms with Crippen LogP contribution in [-0.4, -0.2) is 24.3 Å². The molecule has 0 radical (unpaired) electrons. The maximum atomic E-state index is 12.5. The Kier molecular flexibility index (Phi) is 8.11. The predicted molar refractivity (Wildman–Crippen MR) is 137 cm³/mol. The van der Waals surface area contributed by atoms with Crippen molar-refractivity contribution in [1.82, 2.24) is 10.6 Å². The van der Waals surface area contributed by atoms with Crippen molar-refractivity contribution in [1.29, 1.82) is 0 Å². The van der Waals surface area contributed by atoms with Gasteiger partial charge in [0.15, 0.2) is 0 Å². The zero-order valence-electron chi connectivity index (χ0n) is 19.5. The monoisotopic (exact) mass is 482 g/mol. The van der Waals surface area contributed by atoms with Crippen LogP contribution in [0.2, 0.25) is 0 Å². The van der Waals surface area contributed by atoms with Crippen molar-refractivity contribution >= 4 is 29.1 Å². The molecular weight excluding hydrogens is 456 g/mol. The normalized spacial score (nSPS) is 10.3. The molecule has 1 heterocycles. The van der Waals surface area contributed by atoms with E-state index in [9.17, 15) is 14.4 Å². The predicted octanol–water partition coefficient (Wildman–Crippen LogP) is 4.19. The number of rotatable bonds is 10. The fourth-order valence-electron chi connectivity index (χ4n) is 3.46. The molecule has 0 saturated heterocycles. The van der Waals surface area contributed by atoms with Crippen LogP contribution in [0.3, 0.4) is 0 Å². The average molecular weight is 483 g/mol. The summed E-state index contributed by atoms with van der Waals surface area (Å²) in [6.45, 7) is 0.692. The first kappa shape index (κ1) is 24.3. The Morgan fingerprint density at radius 3 is 2.03 bits per heavy atom. The van der Waals surface area contributed by atoms with Crippen LogP contribution in [0.1, 0.15) is 32.0 Å². The van der Waals surface area contributed by atoms with E-state index in [1.165, 1.54) is 0 Å². The second-order valence-corrected chi connectivity index (χ2v) is 7.99. The molecule has 0 spiro atoms. The van der Waals surface area contributed by atoms with Crippen molar-refractivity contribution in [3.63, 3.8) is 0 Å². The summed E-state index contributed by atoms with van der Waals surface area (Å²) in [7, 11) is 0. The summed E-state index contributed by atoms with van der Waals surface area (Å²) in [5, 5.41) is 11.5. The van der Waals surface area contributed by atoms with Gasteiger partial charge in [0.05, 0.1) is 19.4 Å². The molecule has 36 heavy (non-hydrogen) atoms. The minimum Gasteiger partial charge on any atom is -0.467 e. The molecule has 0 bridgehead atoms. The first-order valence-corrected chi connectivity index (χ1v) is 11.4. The van der Waals surface area contributed by atoms with E-state index in [1.807, 2.05) is 30.3 Å². The zero-order chi connectivity index (χ0) is 25.2. The van der Waals surface area contributed by atoms with Crippen LogP contribution in [0.25, 0.3) is 0 Å². The van der Waals surface area contributed by atoms with Gasteiger partial charge in [0, 0.05) is 29.0 Å². The molecule has 0 saturated carbocycles. The van der Waals surface area contributed by atoms with Gasteiger partial charge in [0.2, 0.25) is 5.91 Å². The van der Waals surface area contributed by atoms with Crippen LogP contribution in [0.4, 0.5) is 11.4 Å². The van der Waals surface area contributed by atoms with Crippen LogP contribution in [0, 0.1) is 0 Å². The number of furan rings is 1. The molecule has 4 N–H and O–H groups in total. The summed E-state index contributed by atoms with van der Waals surface area (Å²) >= 11 is 0. The Morgan fingerprint density at radius 2 is 1.33 bits per heavy atom. The van der Waals surface area contributed by atoms with E-state index in [0.29, 0.717) is 34.8 Å². The second kappa shape index (κ2) is 12.0. The maximum Gasteiger partial charge on any atom is 0.251 e. The molecule has 0 aliphatic heterocycles. The Balaban J connectivity index is 1.26. The minimum atomic E-state index is -0.287. The highest BCUT2D eigenvalue weighted by atomic mass is 16.3. The first-order valence-electron chi connectivity index (χ1n) is 11.4. The van der Waals surface area contributed by atoms with Crippen molar-refractivity contribution in [2.45, 2.75) is 13.1 Å². The maximum absolute atomic E-state index is 12.5. The largest absolute Gasteiger partial charge is 0.467 e. The van der Waals surface area contributed by atoms with Gasteiger partial charge in [-0.2, -0.15) is 0 Å². The molecule has 0 unspecified atom stereocenters. The summed E-state index contributed by atoms with van der Waals surface area (Å²) in [6, 6.07) is 26.8. The Hall–Kier alpha value is -4.85. The van der Waals surface area contributed by atoms with Gasteiger partial charge in [-0.1, -0.05) is 42.5 Å². The zero-order valence-corrected chi connectivity index (χ0v) is 19.5. The molecule has 8 nitrogen and oxygen atoms in total. The van der Waals surface area contributed by atoms with Crippen molar-refractivity contribution in [2.75, 3.05) is 17.2 Å². The number of hydrogen-bond acceptors (Lipinski definition) is 5. The van der Waals surface area contributed by atoms with E-state index < -0.39 is 0 Å².